The number of fused-ring (bicyclic) bond motifs is 1. The molecule has 1 aromatic heterocycles. The van der Waals surface area contributed by atoms with Crippen molar-refractivity contribution in [1.29, 1.82) is 0 Å². The third-order valence-electron chi connectivity index (χ3n) is 3.36. The van der Waals surface area contributed by atoms with Gasteiger partial charge in [0.05, 0.1) is 12.2 Å². The SMILES string of the molecule is CC(Nc1nncc2ccccc12)c1ccc(N)cc1. The van der Waals surface area contributed by atoms with E-state index in [4.69, 9.17) is 5.73 Å². The van der Waals surface area contributed by atoms with E-state index in [-0.39, 0.29) is 6.04 Å². The quantitative estimate of drug-likeness (QED) is 0.712. The highest BCUT2D eigenvalue weighted by atomic mass is 15.2. The predicted molar refractivity (Wildman–Crippen MR) is 82.4 cm³/mol. The summed E-state index contributed by atoms with van der Waals surface area (Å²) in [5, 5.41) is 13.8. The summed E-state index contributed by atoms with van der Waals surface area (Å²) in [5.41, 5.74) is 7.64. The van der Waals surface area contributed by atoms with E-state index >= 15 is 0 Å². The predicted octanol–water partition coefficient (Wildman–Crippen LogP) is 3.39. The van der Waals surface area contributed by atoms with Gasteiger partial charge >= 0.3 is 0 Å². The summed E-state index contributed by atoms with van der Waals surface area (Å²) in [4.78, 5) is 0. The molecule has 0 saturated heterocycles. The van der Waals surface area contributed by atoms with Gasteiger partial charge in [-0.2, -0.15) is 5.10 Å². The van der Waals surface area contributed by atoms with Crippen molar-refractivity contribution < 1.29 is 0 Å². The number of benzene rings is 2. The molecule has 0 bridgehead atoms. The van der Waals surface area contributed by atoms with Gasteiger partial charge in [-0.3, -0.25) is 0 Å². The van der Waals surface area contributed by atoms with Crippen LogP contribution in [-0.2, 0) is 0 Å². The van der Waals surface area contributed by atoms with Crippen LogP contribution in [0.25, 0.3) is 10.8 Å². The lowest BCUT2D eigenvalue weighted by molar-refractivity contribution is 0.866. The van der Waals surface area contributed by atoms with Crippen LogP contribution in [0.15, 0.2) is 54.7 Å². The Morgan fingerprint density at radius 1 is 1.05 bits per heavy atom. The maximum absolute atomic E-state index is 5.71. The third-order valence-corrected chi connectivity index (χ3v) is 3.36. The fourth-order valence-electron chi connectivity index (χ4n) is 2.21. The van der Waals surface area contributed by atoms with Gasteiger partial charge in [0.15, 0.2) is 5.82 Å². The number of nitrogens with one attached hydrogen (secondary N) is 1. The van der Waals surface area contributed by atoms with Gasteiger partial charge in [0.25, 0.3) is 0 Å². The molecule has 1 unspecified atom stereocenters. The normalized spacial score (nSPS) is 12.2. The minimum absolute atomic E-state index is 0.135. The molecule has 3 rings (SSSR count). The Balaban J connectivity index is 1.91. The summed E-state index contributed by atoms with van der Waals surface area (Å²) >= 11 is 0. The first-order valence-corrected chi connectivity index (χ1v) is 6.56. The van der Waals surface area contributed by atoms with Crippen LogP contribution in [0, 0.1) is 0 Å². The van der Waals surface area contributed by atoms with Gasteiger partial charge in [0, 0.05) is 16.5 Å². The zero-order chi connectivity index (χ0) is 13.9. The first-order valence-electron chi connectivity index (χ1n) is 6.56. The zero-order valence-electron chi connectivity index (χ0n) is 11.2. The molecular weight excluding hydrogens is 248 g/mol. The molecule has 0 aliphatic carbocycles. The largest absolute Gasteiger partial charge is 0.399 e. The van der Waals surface area contributed by atoms with Gasteiger partial charge in [-0.15, -0.1) is 5.10 Å². The van der Waals surface area contributed by atoms with Crippen molar-refractivity contribution in [2.24, 2.45) is 0 Å². The molecule has 1 heterocycles. The smallest absolute Gasteiger partial charge is 0.157 e. The summed E-state index contributed by atoms with van der Waals surface area (Å²) in [6.45, 7) is 2.09. The first-order chi connectivity index (χ1) is 9.74. The average molecular weight is 264 g/mol. The molecule has 20 heavy (non-hydrogen) atoms. The molecule has 2 aromatic carbocycles. The Morgan fingerprint density at radius 3 is 2.60 bits per heavy atom. The lowest BCUT2D eigenvalue weighted by atomic mass is 10.1. The molecule has 0 radical (unpaired) electrons. The molecule has 0 aliphatic heterocycles. The lowest BCUT2D eigenvalue weighted by Crippen LogP contribution is -2.09. The molecule has 0 spiro atoms. The Labute approximate surface area is 117 Å². The monoisotopic (exact) mass is 264 g/mol. The molecule has 3 N–H and O–H groups in total. The fourth-order valence-corrected chi connectivity index (χ4v) is 2.21. The van der Waals surface area contributed by atoms with Crippen molar-refractivity contribution in [1.82, 2.24) is 10.2 Å². The molecule has 100 valence electrons. The summed E-state index contributed by atoms with van der Waals surface area (Å²) < 4.78 is 0. The Bertz CT molecular complexity index is 717. The lowest BCUT2D eigenvalue weighted by Gasteiger charge is -2.16. The Morgan fingerprint density at radius 2 is 1.80 bits per heavy atom. The summed E-state index contributed by atoms with van der Waals surface area (Å²) in [5.74, 6) is 0.799. The second kappa shape index (κ2) is 5.17. The number of anilines is 2. The average Bonchev–Trinajstić information content (AvgIpc) is 2.48. The van der Waals surface area contributed by atoms with E-state index in [2.05, 4.69) is 22.4 Å². The van der Waals surface area contributed by atoms with Crippen molar-refractivity contribution in [3.8, 4) is 0 Å². The van der Waals surface area contributed by atoms with Gasteiger partial charge in [-0.05, 0) is 24.6 Å². The van der Waals surface area contributed by atoms with E-state index in [9.17, 15) is 0 Å². The third kappa shape index (κ3) is 2.40. The van der Waals surface area contributed by atoms with E-state index in [0.29, 0.717) is 0 Å². The maximum Gasteiger partial charge on any atom is 0.157 e. The van der Waals surface area contributed by atoms with E-state index < -0.39 is 0 Å². The van der Waals surface area contributed by atoms with Gasteiger partial charge in [0.2, 0.25) is 0 Å². The van der Waals surface area contributed by atoms with Gasteiger partial charge in [0.1, 0.15) is 0 Å². The van der Waals surface area contributed by atoms with Crippen molar-refractivity contribution >= 4 is 22.3 Å². The Hall–Kier alpha value is -2.62. The number of nitrogen functional groups attached to an aromatic ring is 1. The highest BCUT2D eigenvalue weighted by Gasteiger charge is 2.08. The van der Waals surface area contributed by atoms with Crippen LogP contribution in [0.1, 0.15) is 18.5 Å². The fraction of sp³-hybridized carbons (Fsp3) is 0.125. The van der Waals surface area contributed by atoms with Crippen LogP contribution in [-0.4, -0.2) is 10.2 Å². The van der Waals surface area contributed by atoms with Crippen molar-refractivity contribution in [3.63, 3.8) is 0 Å². The maximum atomic E-state index is 5.71. The van der Waals surface area contributed by atoms with Gasteiger partial charge < -0.3 is 11.1 Å². The molecule has 0 saturated carbocycles. The summed E-state index contributed by atoms with van der Waals surface area (Å²) in [6, 6.07) is 16.1. The number of nitrogens with two attached hydrogens (primary N) is 1. The number of rotatable bonds is 3. The highest BCUT2D eigenvalue weighted by Crippen LogP contribution is 2.24. The topological polar surface area (TPSA) is 63.8 Å². The highest BCUT2D eigenvalue weighted by molar-refractivity contribution is 5.90. The van der Waals surface area contributed by atoms with E-state index in [0.717, 1.165) is 27.8 Å². The molecule has 4 nitrogen and oxygen atoms in total. The molecule has 4 heteroatoms. The van der Waals surface area contributed by atoms with E-state index in [1.165, 1.54) is 0 Å². The van der Waals surface area contributed by atoms with Gasteiger partial charge in [-0.1, -0.05) is 36.4 Å². The Kier molecular flexibility index (Phi) is 3.21. The second-order valence-corrected chi connectivity index (χ2v) is 4.81. The summed E-state index contributed by atoms with van der Waals surface area (Å²) in [6.07, 6.45) is 1.77. The minimum atomic E-state index is 0.135. The van der Waals surface area contributed by atoms with E-state index in [1.54, 1.807) is 6.20 Å². The molecular formula is C16H16N4. The van der Waals surface area contributed by atoms with Crippen molar-refractivity contribution in [2.45, 2.75) is 13.0 Å². The second-order valence-electron chi connectivity index (χ2n) is 4.81. The van der Waals surface area contributed by atoms with Crippen molar-refractivity contribution in [2.75, 3.05) is 11.1 Å². The molecule has 0 fully saturated rings. The molecule has 3 aromatic rings. The minimum Gasteiger partial charge on any atom is -0.399 e. The molecule has 0 aliphatic rings. The van der Waals surface area contributed by atoms with Crippen LogP contribution < -0.4 is 11.1 Å². The van der Waals surface area contributed by atoms with Crippen molar-refractivity contribution in [3.05, 3.63) is 60.3 Å². The molecule has 1 atom stereocenters. The van der Waals surface area contributed by atoms with Gasteiger partial charge in [-0.25, -0.2) is 0 Å². The van der Waals surface area contributed by atoms with Crippen LogP contribution in [0.2, 0.25) is 0 Å². The number of nitrogens with zero attached hydrogens (tertiary/aromatic N) is 2. The number of hydrogen-bond donors (Lipinski definition) is 2. The zero-order valence-corrected chi connectivity index (χ0v) is 11.2. The first kappa shape index (κ1) is 12.4. The standard InChI is InChI=1S/C16H16N4/c1-11(12-6-8-14(17)9-7-12)19-16-15-5-3-2-4-13(15)10-18-20-16/h2-11H,17H2,1H3,(H,19,20). The van der Waals surface area contributed by atoms with Crippen LogP contribution in [0.5, 0.6) is 0 Å². The van der Waals surface area contributed by atoms with E-state index in [1.807, 2.05) is 48.5 Å². The van der Waals surface area contributed by atoms with Crippen LogP contribution >= 0.6 is 0 Å². The number of hydrogen-bond acceptors (Lipinski definition) is 4. The van der Waals surface area contributed by atoms with Crippen LogP contribution in [0.4, 0.5) is 11.5 Å². The van der Waals surface area contributed by atoms with Crippen LogP contribution in [0.3, 0.4) is 0 Å². The molecule has 0 amide bonds. The summed E-state index contributed by atoms with van der Waals surface area (Å²) in [7, 11) is 0. The number of aromatic nitrogens is 2.